The van der Waals surface area contributed by atoms with Crippen molar-refractivity contribution in [3.63, 3.8) is 0 Å². The van der Waals surface area contributed by atoms with Gasteiger partial charge >= 0.3 is 0 Å². The third kappa shape index (κ3) is 5.24. The Morgan fingerprint density at radius 1 is 1.13 bits per heavy atom. The van der Waals surface area contributed by atoms with Gasteiger partial charge in [-0.05, 0) is 23.3 Å². The van der Waals surface area contributed by atoms with E-state index < -0.39 is 6.04 Å². The van der Waals surface area contributed by atoms with Crippen LogP contribution in [0.1, 0.15) is 31.0 Å². The van der Waals surface area contributed by atoms with Gasteiger partial charge in [0.15, 0.2) is 0 Å². The van der Waals surface area contributed by atoms with Crippen LogP contribution in [0.3, 0.4) is 0 Å². The molecular formula is C18H22Cl2N2O. The first-order valence-electron chi connectivity index (χ1n) is 7.24. The summed E-state index contributed by atoms with van der Waals surface area (Å²) in [5.41, 5.74) is 7.72. The SMILES string of the molecule is CC(C)(CNC(=O)C(N)c1ccccc1)c1ccc(Cl)cc1.Cl. The summed E-state index contributed by atoms with van der Waals surface area (Å²) in [7, 11) is 0. The Labute approximate surface area is 148 Å². The Morgan fingerprint density at radius 2 is 1.70 bits per heavy atom. The van der Waals surface area contributed by atoms with Crippen molar-refractivity contribution in [1.29, 1.82) is 0 Å². The Bertz CT molecular complexity index is 627. The zero-order chi connectivity index (χ0) is 16.2. The summed E-state index contributed by atoms with van der Waals surface area (Å²) in [6.45, 7) is 4.66. The van der Waals surface area contributed by atoms with Crippen molar-refractivity contribution in [3.8, 4) is 0 Å². The van der Waals surface area contributed by atoms with Crippen molar-refractivity contribution in [1.82, 2.24) is 5.32 Å². The third-order valence-corrected chi connectivity index (χ3v) is 4.02. The van der Waals surface area contributed by atoms with Crippen LogP contribution in [-0.2, 0) is 10.2 Å². The zero-order valence-electron chi connectivity index (χ0n) is 13.3. The molecule has 0 spiro atoms. The van der Waals surface area contributed by atoms with Crippen LogP contribution in [-0.4, -0.2) is 12.5 Å². The molecule has 1 amide bonds. The van der Waals surface area contributed by atoms with Gasteiger partial charge in [-0.15, -0.1) is 12.4 Å². The van der Waals surface area contributed by atoms with Crippen molar-refractivity contribution in [3.05, 3.63) is 70.7 Å². The molecule has 2 aromatic rings. The van der Waals surface area contributed by atoms with E-state index in [1.165, 1.54) is 0 Å². The molecule has 3 nitrogen and oxygen atoms in total. The molecule has 23 heavy (non-hydrogen) atoms. The fraction of sp³-hybridized carbons (Fsp3) is 0.278. The number of amides is 1. The van der Waals surface area contributed by atoms with Gasteiger partial charge in [0.2, 0.25) is 5.91 Å². The van der Waals surface area contributed by atoms with Crippen LogP contribution in [0.15, 0.2) is 54.6 Å². The molecule has 2 rings (SSSR count). The first-order chi connectivity index (χ1) is 10.4. The Balaban J connectivity index is 0.00000264. The molecule has 0 heterocycles. The number of rotatable bonds is 5. The summed E-state index contributed by atoms with van der Waals surface area (Å²) in [6, 6.07) is 16.4. The van der Waals surface area contributed by atoms with E-state index in [0.29, 0.717) is 11.6 Å². The van der Waals surface area contributed by atoms with Gasteiger partial charge in [-0.3, -0.25) is 4.79 Å². The monoisotopic (exact) mass is 352 g/mol. The molecule has 5 heteroatoms. The van der Waals surface area contributed by atoms with Crippen LogP contribution in [0.4, 0.5) is 0 Å². The van der Waals surface area contributed by atoms with Crippen molar-refractivity contribution < 1.29 is 4.79 Å². The first-order valence-corrected chi connectivity index (χ1v) is 7.62. The van der Waals surface area contributed by atoms with E-state index in [1.807, 2.05) is 54.6 Å². The minimum atomic E-state index is -0.651. The van der Waals surface area contributed by atoms with Crippen LogP contribution in [0.5, 0.6) is 0 Å². The zero-order valence-corrected chi connectivity index (χ0v) is 14.8. The number of carbonyl (C=O) groups is 1. The van der Waals surface area contributed by atoms with Crippen molar-refractivity contribution in [2.45, 2.75) is 25.3 Å². The topological polar surface area (TPSA) is 55.1 Å². The smallest absolute Gasteiger partial charge is 0.241 e. The second-order valence-electron chi connectivity index (χ2n) is 6.00. The second kappa shape index (κ2) is 8.34. The highest BCUT2D eigenvalue weighted by Gasteiger charge is 2.23. The molecule has 0 fully saturated rings. The summed E-state index contributed by atoms with van der Waals surface area (Å²) in [5.74, 6) is -0.173. The van der Waals surface area contributed by atoms with E-state index in [4.69, 9.17) is 17.3 Å². The van der Waals surface area contributed by atoms with Gasteiger partial charge < -0.3 is 11.1 Å². The minimum absolute atomic E-state index is 0. The molecule has 0 radical (unpaired) electrons. The largest absolute Gasteiger partial charge is 0.354 e. The predicted molar refractivity (Wildman–Crippen MR) is 98.1 cm³/mol. The lowest BCUT2D eigenvalue weighted by molar-refractivity contribution is -0.122. The molecule has 0 aromatic heterocycles. The Hall–Kier alpha value is -1.55. The molecule has 2 aromatic carbocycles. The quantitative estimate of drug-likeness (QED) is 0.858. The van der Waals surface area contributed by atoms with E-state index in [2.05, 4.69) is 19.2 Å². The maximum atomic E-state index is 12.2. The van der Waals surface area contributed by atoms with Crippen LogP contribution >= 0.6 is 24.0 Å². The molecule has 0 saturated heterocycles. The maximum absolute atomic E-state index is 12.2. The highest BCUT2D eigenvalue weighted by atomic mass is 35.5. The van der Waals surface area contributed by atoms with Gasteiger partial charge in [-0.2, -0.15) is 0 Å². The van der Waals surface area contributed by atoms with Crippen molar-refractivity contribution in [2.75, 3.05) is 6.54 Å². The first kappa shape index (κ1) is 19.5. The van der Waals surface area contributed by atoms with Gasteiger partial charge in [-0.25, -0.2) is 0 Å². The van der Waals surface area contributed by atoms with Gasteiger partial charge in [-0.1, -0.05) is 67.9 Å². The summed E-state index contributed by atoms with van der Waals surface area (Å²) >= 11 is 5.91. The number of hydrogen-bond donors (Lipinski definition) is 2. The van der Waals surface area contributed by atoms with E-state index in [-0.39, 0.29) is 23.7 Å². The average molecular weight is 353 g/mol. The summed E-state index contributed by atoms with van der Waals surface area (Å²) in [5, 5.41) is 3.64. The van der Waals surface area contributed by atoms with Crippen LogP contribution in [0, 0.1) is 0 Å². The lowest BCUT2D eigenvalue weighted by atomic mass is 9.84. The fourth-order valence-corrected chi connectivity index (χ4v) is 2.36. The number of hydrogen-bond acceptors (Lipinski definition) is 2. The van der Waals surface area contributed by atoms with E-state index in [9.17, 15) is 4.79 Å². The molecule has 1 atom stereocenters. The molecule has 0 saturated carbocycles. The van der Waals surface area contributed by atoms with E-state index in [0.717, 1.165) is 11.1 Å². The molecule has 0 bridgehead atoms. The van der Waals surface area contributed by atoms with Crippen molar-refractivity contribution in [2.24, 2.45) is 5.73 Å². The van der Waals surface area contributed by atoms with Gasteiger partial charge in [0.25, 0.3) is 0 Å². The highest BCUT2D eigenvalue weighted by molar-refractivity contribution is 6.30. The summed E-state index contributed by atoms with van der Waals surface area (Å²) < 4.78 is 0. The number of nitrogens with one attached hydrogen (secondary N) is 1. The van der Waals surface area contributed by atoms with Crippen molar-refractivity contribution >= 4 is 29.9 Å². The molecule has 1 unspecified atom stereocenters. The average Bonchev–Trinajstić information content (AvgIpc) is 2.53. The highest BCUT2D eigenvalue weighted by Crippen LogP contribution is 2.24. The minimum Gasteiger partial charge on any atom is -0.354 e. The third-order valence-electron chi connectivity index (χ3n) is 3.77. The van der Waals surface area contributed by atoms with Crippen LogP contribution < -0.4 is 11.1 Å². The van der Waals surface area contributed by atoms with Gasteiger partial charge in [0.1, 0.15) is 6.04 Å². The number of halogens is 2. The van der Waals surface area contributed by atoms with Gasteiger partial charge in [0, 0.05) is 17.0 Å². The maximum Gasteiger partial charge on any atom is 0.241 e. The second-order valence-corrected chi connectivity index (χ2v) is 6.43. The van der Waals surface area contributed by atoms with Crippen LogP contribution in [0.25, 0.3) is 0 Å². The van der Waals surface area contributed by atoms with E-state index >= 15 is 0 Å². The Kier molecular flexibility index (Phi) is 7.07. The molecule has 124 valence electrons. The van der Waals surface area contributed by atoms with E-state index in [1.54, 1.807) is 0 Å². The lowest BCUT2D eigenvalue weighted by Gasteiger charge is -2.26. The summed E-state index contributed by atoms with van der Waals surface area (Å²) in [6.07, 6.45) is 0. The standard InChI is InChI=1S/C18H21ClN2O.ClH/c1-18(2,14-8-10-15(19)11-9-14)12-21-17(22)16(20)13-6-4-3-5-7-13;/h3-11,16H,12,20H2,1-2H3,(H,21,22);1H. The summed E-state index contributed by atoms with van der Waals surface area (Å²) in [4.78, 5) is 12.2. The predicted octanol–water partition coefficient (Wildman–Crippen LogP) is 3.86. The Morgan fingerprint density at radius 3 is 2.26 bits per heavy atom. The molecule has 0 aliphatic heterocycles. The molecule has 0 aliphatic rings. The van der Waals surface area contributed by atoms with Gasteiger partial charge in [0.05, 0.1) is 0 Å². The normalized spacial score (nSPS) is 12.2. The molecular weight excluding hydrogens is 331 g/mol. The number of nitrogens with two attached hydrogens (primary N) is 1. The van der Waals surface area contributed by atoms with Crippen LogP contribution in [0.2, 0.25) is 5.02 Å². The number of carbonyl (C=O) groups excluding carboxylic acids is 1. The molecule has 0 aliphatic carbocycles. The fourth-order valence-electron chi connectivity index (χ4n) is 2.23. The number of benzene rings is 2. The lowest BCUT2D eigenvalue weighted by Crippen LogP contribution is -2.41. The molecule has 3 N–H and O–H groups in total.